The van der Waals surface area contributed by atoms with Gasteiger partial charge in [0.15, 0.2) is 0 Å². The fourth-order valence-corrected chi connectivity index (χ4v) is 6.07. The molecule has 2 saturated heterocycles. The van der Waals surface area contributed by atoms with Crippen molar-refractivity contribution in [1.29, 1.82) is 0 Å². The second kappa shape index (κ2) is 5.54. The molecule has 0 aliphatic carbocycles. The number of benzene rings is 1. The highest BCUT2D eigenvalue weighted by molar-refractivity contribution is 7.89. The van der Waals surface area contributed by atoms with Crippen LogP contribution in [0, 0.1) is 0 Å². The standard InChI is InChI=1S/C17H24N4O2S/c1-13(2)21-16-5-4-15(10-14(16)11-19-21)24(22,23)20-9-3-6-17(20)7-8-18-12-17/h4-5,10-11,13,18H,3,6-9,12H2,1-2H3. The van der Waals surface area contributed by atoms with Gasteiger partial charge in [0.05, 0.1) is 16.6 Å². The van der Waals surface area contributed by atoms with Gasteiger partial charge in [0.25, 0.3) is 0 Å². The Hall–Kier alpha value is -1.44. The van der Waals surface area contributed by atoms with Crippen molar-refractivity contribution >= 4 is 20.9 Å². The average Bonchev–Trinajstić information content (AvgIpc) is 3.27. The Labute approximate surface area is 142 Å². The van der Waals surface area contributed by atoms with Gasteiger partial charge in [0, 0.05) is 30.1 Å². The normalized spacial score (nSPS) is 25.5. The molecule has 1 aromatic carbocycles. The van der Waals surface area contributed by atoms with Gasteiger partial charge in [-0.3, -0.25) is 4.68 Å². The molecular formula is C17H24N4O2S. The maximum atomic E-state index is 13.3. The van der Waals surface area contributed by atoms with Gasteiger partial charge in [0.1, 0.15) is 0 Å². The lowest BCUT2D eigenvalue weighted by Gasteiger charge is -2.33. The van der Waals surface area contributed by atoms with Crippen molar-refractivity contribution in [2.45, 2.75) is 49.6 Å². The average molecular weight is 348 g/mol. The largest absolute Gasteiger partial charge is 0.315 e. The van der Waals surface area contributed by atoms with Crippen molar-refractivity contribution in [3.8, 4) is 0 Å². The first kappa shape index (κ1) is 16.1. The van der Waals surface area contributed by atoms with Crippen molar-refractivity contribution in [1.82, 2.24) is 19.4 Å². The fraction of sp³-hybridized carbons (Fsp3) is 0.588. The van der Waals surface area contributed by atoms with Crippen molar-refractivity contribution in [2.75, 3.05) is 19.6 Å². The van der Waals surface area contributed by atoms with Crippen LogP contribution in [0.4, 0.5) is 0 Å². The van der Waals surface area contributed by atoms with Gasteiger partial charge in [-0.15, -0.1) is 0 Å². The molecule has 1 aromatic heterocycles. The highest BCUT2D eigenvalue weighted by Gasteiger charge is 2.49. The maximum Gasteiger partial charge on any atom is 0.243 e. The van der Waals surface area contributed by atoms with E-state index in [0.29, 0.717) is 11.4 Å². The van der Waals surface area contributed by atoms with Crippen LogP contribution in [-0.2, 0) is 10.0 Å². The van der Waals surface area contributed by atoms with Crippen LogP contribution in [0.1, 0.15) is 39.2 Å². The number of sulfonamides is 1. The predicted molar refractivity (Wildman–Crippen MR) is 93.5 cm³/mol. The molecule has 1 N–H and O–H groups in total. The van der Waals surface area contributed by atoms with Crippen LogP contribution in [0.15, 0.2) is 29.3 Å². The minimum atomic E-state index is -3.48. The number of fused-ring (bicyclic) bond motifs is 1. The predicted octanol–water partition coefficient (Wildman–Crippen LogP) is 2.13. The van der Waals surface area contributed by atoms with Crippen LogP contribution in [0.2, 0.25) is 0 Å². The van der Waals surface area contributed by atoms with Crippen molar-refractivity contribution in [2.24, 2.45) is 0 Å². The Morgan fingerprint density at radius 2 is 2.12 bits per heavy atom. The van der Waals surface area contributed by atoms with Crippen molar-refractivity contribution in [3.63, 3.8) is 0 Å². The van der Waals surface area contributed by atoms with E-state index in [1.807, 2.05) is 10.7 Å². The summed E-state index contributed by atoms with van der Waals surface area (Å²) in [5.41, 5.74) is 0.748. The molecule has 1 spiro atoms. The van der Waals surface area contributed by atoms with Gasteiger partial charge < -0.3 is 5.32 Å². The zero-order valence-corrected chi connectivity index (χ0v) is 15.0. The molecule has 2 aromatic rings. The summed E-state index contributed by atoms with van der Waals surface area (Å²) < 4.78 is 30.2. The van der Waals surface area contributed by atoms with E-state index >= 15 is 0 Å². The lowest BCUT2D eigenvalue weighted by molar-refractivity contribution is 0.264. The second-order valence-corrected chi connectivity index (χ2v) is 9.10. The van der Waals surface area contributed by atoms with Gasteiger partial charge in [-0.05, 0) is 57.9 Å². The zero-order valence-electron chi connectivity index (χ0n) is 14.2. The third kappa shape index (κ3) is 2.29. The number of nitrogens with one attached hydrogen (secondary N) is 1. The van der Waals surface area contributed by atoms with Crippen molar-refractivity contribution in [3.05, 3.63) is 24.4 Å². The van der Waals surface area contributed by atoms with Crippen LogP contribution in [0.3, 0.4) is 0 Å². The first-order chi connectivity index (χ1) is 11.4. The number of rotatable bonds is 3. The molecule has 2 aliphatic heterocycles. The molecule has 1 atom stereocenters. The van der Waals surface area contributed by atoms with Crippen LogP contribution >= 0.6 is 0 Å². The first-order valence-electron chi connectivity index (χ1n) is 8.65. The maximum absolute atomic E-state index is 13.3. The van der Waals surface area contributed by atoms with Crippen LogP contribution < -0.4 is 5.32 Å². The molecule has 0 bridgehead atoms. The molecule has 6 nitrogen and oxygen atoms in total. The molecule has 130 valence electrons. The number of aromatic nitrogens is 2. The Balaban J connectivity index is 1.75. The smallest absolute Gasteiger partial charge is 0.243 e. The first-order valence-corrected chi connectivity index (χ1v) is 10.1. The minimum absolute atomic E-state index is 0.226. The van der Waals surface area contributed by atoms with Gasteiger partial charge in [0.2, 0.25) is 10.0 Å². The Morgan fingerprint density at radius 1 is 1.29 bits per heavy atom. The molecule has 3 heterocycles. The van der Waals surface area contributed by atoms with E-state index in [2.05, 4.69) is 24.3 Å². The summed E-state index contributed by atoms with van der Waals surface area (Å²) in [6.45, 7) is 6.41. The highest BCUT2D eigenvalue weighted by Crippen LogP contribution is 2.39. The van der Waals surface area contributed by atoms with Gasteiger partial charge in [-0.2, -0.15) is 9.40 Å². The molecule has 4 rings (SSSR count). The summed E-state index contributed by atoms with van der Waals surface area (Å²) in [4.78, 5) is 0.381. The summed E-state index contributed by atoms with van der Waals surface area (Å²) in [6.07, 6.45) is 4.55. The summed E-state index contributed by atoms with van der Waals surface area (Å²) >= 11 is 0. The van der Waals surface area contributed by atoms with E-state index in [1.54, 1.807) is 22.6 Å². The number of hydrogen-bond acceptors (Lipinski definition) is 4. The summed E-state index contributed by atoms with van der Waals surface area (Å²) in [6, 6.07) is 5.62. The van der Waals surface area contributed by atoms with Crippen LogP contribution in [-0.4, -0.2) is 47.7 Å². The van der Waals surface area contributed by atoms with E-state index in [9.17, 15) is 8.42 Å². The minimum Gasteiger partial charge on any atom is -0.315 e. The summed E-state index contributed by atoms with van der Waals surface area (Å²) in [7, 11) is -3.48. The summed E-state index contributed by atoms with van der Waals surface area (Å²) in [5.74, 6) is 0. The van der Waals surface area contributed by atoms with Gasteiger partial charge in [-0.25, -0.2) is 8.42 Å². The third-order valence-corrected chi connectivity index (χ3v) is 7.40. The molecule has 24 heavy (non-hydrogen) atoms. The molecule has 7 heteroatoms. The lowest BCUT2D eigenvalue weighted by atomic mass is 9.97. The second-order valence-electron chi connectivity index (χ2n) is 7.24. The molecule has 2 fully saturated rings. The molecular weight excluding hydrogens is 324 g/mol. The molecule has 0 saturated carbocycles. The van der Waals surface area contributed by atoms with Crippen LogP contribution in [0.5, 0.6) is 0 Å². The highest BCUT2D eigenvalue weighted by atomic mass is 32.2. The van der Waals surface area contributed by atoms with E-state index in [0.717, 1.165) is 43.3 Å². The Kier molecular flexibility index (Phi) is 3.71. The lowest BCUT2D eigenvalue weighted by Crippen LogP contribution is -2.48. The summed E-state index contributed by atoms with van der Waals surface area (Å²) in [5, 5.41) is 8.60. The van der Waals surface area contributed by atoms with Crippen molar-refractivity contribution < 1.29 is 8.42 Å². The molecule has 1 unspecified atom stereocenters. The van der Waals surface area contributed by atoms with Gasteiger partial charge >= 0.3 is 0 Å². The quantitative estimate of drug-likeness (QED) is 0.923. The van der Waals surface area contributed by atoms with E-state index < -0.39 is 10.0 Å². The SMILES string of the molecule is CC(C)n1ncc2cc(S(=O)(=O)N3CCCC34CCNC4)ccc21. The van der Waals surface area contributed by atoms with E-state index in [-0.39, 0.29) is 11.6 Å². The molecule has 0 radical (unpaired) electrons. The monoisotopic (exact) mass is 348 g/mol. The van der Waals surface area contributed by atoms with Crippen LogP contribution in [0.25, 0.3) is 10.9 Å². The zero-order chi connectivity index (χ0) is 16.9. The number of hydrogen-bond donors (Lipinski definition) is 1. The Bertz CT molecular complexity index is 860. The third-order valence-electron chi connectivity index (χ3n) is 5.40. The van der Waals surface area contributed by atoms with Gasteiger partial charge in [-0.1, -0.05) is 0 Å². The Morgan fingerprint density at radius 3 is 2.83 bits per heavy atom. The van der Waals surface area contributed by atoms with E-state index in [4.69, 9.17) is 0 Å². The fourth-order valence-electron chi connectivity index (χ4n) is 4.18. The molecule has 0 amide bonds. The van der Waals surface area contributed by atoms with E-state index in [1.165, 1.54) is 0 Å². The molecule has 2 aliphatic rings. The topological polar surface area (TPSA) is 67.2 Å². The number of nitrogens with zero attached hydrogens (tertiary/aromatic N) is 3.